The normalized spacial score (nSPS) is 24.2. The van der Waals surface area contributed by atoms with Gasteiger partial charge in [-0.3, -0.25) is 0 Å². The summed E-state index contributed by atoms with van der Waals surface area (Å²) in [6, 6.07) is 0. The van der Waals surface area contributed by atoms with E-state index in [9.17, 15) is 0 Å². The molecule has 2 heterocycles. The average Bonchev–Trinajstić information content (AvgIpc) is 2.63. The van der Waals surface area contributed by atoms with Gasteiger partial charge in [-0.2, -0.15) is 10.1 Å². The van der Waals surface area contributed by atoms with Crippen LogP contribution in [-0.2, 0) is 19.1 Å². The zero-order valence-corrected chi connectivity index (χ0v) is 22.6. The van der Waals surface area contributed by atoms with Crippen LogP contribution in [0.3, 0.4) is 0 Å². The largest absolute Gasteiger partial charge is 0.386 e. The summed E-state index contributed by atoms with van der Waals surface area (Å²) in [6.07, 6.45) is 6.23. The maximum atomic E-state index is 5.74. The Morgan fingerprint density at radius 1 is 0.697 bits per heavy atom. The SMILES string of the molecule is CON1C(C)(C)C=C(NCCOCCOCNC2=CC(C)(C)N(OC)C(C)(C)C2)CC1(C)C. The van der Waals surface area contributed by atoms with Crippen molar-refractivity contribution in [3.05, 3.63) is 23.5 Å². The average molecular weight is 469 g/mol. The molecule has 2 rings (SSSR count). The molecular weight excluding hydrogens is 420 g/mol. The molecule has 0 bridgehead atoms. The standard InChI is InChI=1S/C25H48N4O4/c1-22(2)15-20(16-23(3,4)28(22)30-9)26-11-12-32-13-14-33-19-27-21-17-24(5,6)29(31-10)25(7,8)18-21/h15,17,26-27H,11-14,16,18-19H2,1-10H3. The maximum absolute atomic E-state index is 5.74. The van der Waals surface area contributed by atoms with E-state index in [1.165, 1.54) is 11.4 Å². The molecule has 8 heteroatoms. The van der Waals surface area contributed by atoms with Gasteiger partial charge in [0.2, 0.25) is 0 Å². The third-order valence-electron chi connectivity index (χ3n) is 6.18. The summed E-state index contributed by atoms with van der Waals surface area (Å²) in [5.41, 5.74) is 1.90. The molecule has 0 aromatic rings. The second-order valence-corrected chi connectivity index (χ2v) is 11.3. The Morgan fingerprint density at radius 3 is 1.61 bits per heavy atom. The zero-order valence-electron chi connectivity index (χ0n) is 22.6. The molecule has 0 aliphatic carbocycles. The van der Waals surface area contributed by atoms with E-state index in [4.69, 9.17) is 19.1 Å². The lowest BCUT2D eigenvalue weighted by molar-refractivity contribution is -0.239. The van der Waals surface area contributed by atoms with E-state index in [0.29, 0.717) is 26.6 Å². The van der Waals surface area contributed by atoms with Crippen molar-refractivity contribution < 1.29 is 19.1 Å². The monoisotopic (exact) mass is 468 g/mol. The first-order chi connectivity index (χ1) is 15.2. The minimum Gasteiger partial charge on any atom is -0.386 e. The van der Waals surface area contributed by atoms with Crippen molar-refractivity contribution in [1.82, 2.24) is 20.8 Å². The van der Waals surface area contributed by atoms with Crippen molar-refractivity contribution in [2.24, 2.45) is 0 Å². The minimum atomic E-state index is -0.186. The van der Waals surface area contributed by atoms with Crippen LogP contribution in [0.15, 0.2) is 23.5 Å². The summed E-state index contributed by atoms with van der Waals surface area (Å²) in [5.74, 6) is 0. The van der Waals surface area contributed by atoms with Crippen molar-refractivity contribution >= 4 is 0 Å². The predicted octanol–water partition coefficient (Wildman–Crippen LogP) is 3.57. The molecule has 2 aliphatic rings. The third-order valence-corrected chi connectivity index (χ3v) is 6.18. The maximum Gasteiger partial charge on any atom is 0.116 e. The topological polar surface area (TPSA) is 67.5 Å². The quantitative estimate of drug-likeness (QED) is 0.333. The van der Waals surface area contributed by atoms with Crippen LogP contribution in [0.25, 0.3) is 0 Å². The van der Waals surface area contributed by atoms with E-state index in [1.54, 1.807) is 14.2 Å². The number of hydrogen-bond acceptors (Lipinski definition) is 8. The van der Waals surface area contributed by atoms with Gasteiger partial charge in [0.15, 0.2) is 0 Å². The van der Waals surface area contributed by atoms with Crippen LogP contribution in [0.2, 0.25) is 0 Å². The molecule has 0 unspecified atom stereocenters. The molecule has 0 aromatic heterocycles. The Labute approximate surface area is 201 Å². The van der Waals surface area contributed by atoms with E-state index >= 15 is 0 Å². The molecule has 33 heavy (non-hydrogen) atoms. The fourth-order valence-electron chi connectivity index (χ4n) is 5.62. The smallest absolute Gasteiger partial charge is 0.116 e. The molecule has 192 valence electrons. The van der Waals surface area contributed by atoms with Crippen LogP contribution in [-0.4, -0.2) is 79.6 Å². The second-order valence-electron chi connectivity index (χ2n) is 11.3. The predicted molar refractivity (Wildman–Crippen MR) is 132 cm³/mol. The van der Waals surface area contributed by atoms with Crippen LogP contribution < -0.4 is 10.6 Å². The Morgan fingerprint density at radius 2 is 1.15 bits per heavy atom. The van der Waals surface area contributed by atoms with Gasteiger partial charge in [0.1, 0.15) is 6.73 Å². The first-order valence-corrected chi connectivity index (χ1v) is 12.0. The highest BCUT2D eigenvalue weighted by molar-refractivity contribution is 5.19. The Balaban J connectivity index is 1.63. The summed E-state index contributed by atoms with van der Waals surface area (Å²) in [5, 5.41) is 11.0. The first-order valence-electron chi connectivity index (χ1n) is 12.0. The number of rotatable bonds is 12. The molecular formula is C25H48N4O4. The zero-order chi connectivity index (χ0) is 24.9. The molecule has 0 amide bonds. The summed E-state index contributed by atoms with van der Waals surface area (Å²) < 4.78 is 11.5. The van der Waals surface area contributed by atoms with Crippen molar-refractivity contribution in [1.29, 1.82) is 0 Å². The highest BCUT2D eigenvalue weighted by Gasteiger charge is 2.43. The van der Waals surface area contributed by atoms with Gasteiger partial charge in [-0.25, -0.2) is 0 Å². The fourth-order valence-corrected chi connectivity index (χ4v) is 5.62. The lowest BCUT2D eigenvalue weighted by atomic mass is 9.85. The van der Waals surface area contributed by atoms with E-state index in [-0.39, 0.29) is 22.2 Å². The molecule has 2 aliphatic heterocycles. The summed E-state index contributed by atoms with van der Waals surface area (Å²) in [4.78, 5) is 11.3. The van der Waals surface area contributed by atoms with Crippen LogP contribution in [0.4, 0.5) is 0 Å². The lowest BCUT2D eigenvalue weighted by Crippen LogP contribution is -2.57. The van der Waals surface area contributed by atoms with E-state index in [2.05, 4.69) is 83.2 Å². The molecule has 0 saturated carbocycles. The Bertz CT molecular complexity index is 643. The fraction of sp³-hybridized carbons (Fsp3) is 0.840. The van der Waals surface area contributed by atoms with Gasteiger partial charge in [0, 0.05) is 41.9 Å². The van der Waals surface area contributed by atoms with Crippen molar-refractivity contribution in [3.63, 3.8) is 0 Å². The van der Waals surface area contributed by atoms with E-state index < -0.39 is 0 Å². The van der Waals surface area contributed by atoms with Crippen molar-refractivity contribution in [3.8, 4) is 0 Å². The molecule has 0 atom stereocenters. The minimum absolute atomic E-state index is 0.0723. The first kappa shape index (κ1) is 28.1. The molecule has 8 nitrogen and oxygen atoms in total. The van der Waals surface area contributed by atoms with Crippen molar-refractivity contribution in [2.45, 2.75) is 90.4 Å². The van der Waals surface area contributed by atoms with Gasteiger partial charge in [-0.1, -0.05) is 0 Å². The lowest BCUT2D eigenvalue weighted by Gasteiger charge is -2.49. The van der Waals surface area contributed by atoms with Gasteiger partial charge >= 0.3 is 0 Å². The van der Waals surface area contributed by atoms with Gasteiger partial charge in [-0.15, -0.1) is 0 Å². The third kappa shape index (κ3) is 7.41. The summed E-state index contributed by atoms with van der Waals surface area (Å²) >= 11 is 0. The molecule has 0 saturated heterocycles. The van der Waals surface area contributed by atoms with Gasteiger partial charge in [0.05, 0.1) is 45.1 Å². The van der Waals surface area contributed by atoms with Crippen LogP contribution in [0.1, 0.15) is 68.2 Å². The number of hydrogen-bond donors (Lipinski definition) is 2. The number of nitrogens with one attached hydrogen (secondary N) is 2. The van der Waals surface area contributed by atoms with E-state index in [0.717, 1.165) is 19.4 Å². The van der Waals surface area contributed by atoms with Crippen LogP contribution >= 0.6 is 0 Å². The Hall–Kier alpha value is -1.16. The Kier molecular flexibility index (Phi) is 9.41. The molecule has 0 radical (unpaired) electrons. The summed E-state index contributed by atoms with van der Waals surface area (Å²) in [6.45, 7) is 20.4. The molecule has 0 fully saturated rings. The van der Waals surface area contributed by atoms with Gasteiger partial charge in [0.25, 0.3) is 0 Å². The van der Waals surface area contributed by atoms with E-state index in [1.807, 2.05) is 5.06 Å². The van der Waals surface area contributed by atoms with Crippen molar-refractivity contribution in [2.75, 3.05) is 47.3 Å². The highest BCUT2D eigenvalue weighted by atomic mass is 16.7. The van der Waals surface area contributed by atoms with Crippen LogP contribution in [0.5, 0.6) is 0 Å². The highest BCUT2D eigenvalue weighted by Crippen LogP contribution is 2.37. The number of nitrogens with zero attached hydrogens (tertiary/aromatic N) is 2. The molecule has 2 N–H and O–H groups in total. The van der Waals surface area contributed by atoms with Gasteiger partial charge in [-0.05, 0) is 67.5 Å². The number of ether oxygens (including phenoxy) is 2. The van der Waals surface area contributed by atoms with Crippen LogP contribution in [0, 0.1) is 0 Å². The molecule has 0 spiro atoms. The second kappa shape index (κ2) is 11.1. The number of hydroxylamine groups is 4. The molecule has 0 aromatic carbocycles. The summed E-state index contributed by atoms with van der Waals surface area (Å²) in [7, 11) is 3.47. The van der Waals surface area contributed by atoms with Gasteiger partial charge < -0.3 is 29.8 Å².